The molecule has 2 fully saturated rings. The maximum atomic E-state index is 13.7. The first-order valence-corrected chi connectivity index (χ1v) is 14.2. The molecular formula is C24H30N2O5S2. The number of nitrogens with zero attached hydrogens (tertiary/aromatic N) is 1. The maximum Gasteiger partial charge on any atom is 0.246 e. The average Bonchev–Trinajstić information content (AvgIpc) is 3.49. The van der Waals surface area contributed by atoms with Gasteiger partial charge in [0.2, 0.25) is 15.9 Å². The van der Waals surface area contributed by atoms with Crippen LogP contribution in [0.5, 0.6) is 0 Å². The fraction of sp³-hybridized carbons (Fsp3) is 0.458. The van der Waals surface area contributed by atoms with Crippen molar-refractivity contribution >= 4 is 31.5 Å². The first kappa shape index (κ1) is 23.9. The molecule has 2 aromatic carbocycles. The lowest BCUT2D eigenvalue weighted by Gasteiger charge is -2.28. The lowest BCUT2D eigenvalue weighted by molar-refractivity contribution is -0.118. The predicted molar refractivity (Wildman–Crippen MR) is 127 cm³/mol. The quantitative estimate of drug-likeness (QED) is 0.664. The van der Waals surface area contributed by atoms with E-state index in [4.69, 9.17) is 0 Å². The summed E-state index contributed by atoms with van der Waals surface area (Å²) in [7, 11) is -7.48. The molecule has 0 radical (unpaired) electrons. The van der Waals surface area contributed by atoms with E-state index in [1.807, 2.05) is 13.0 Å². The van der Waals surface area contributed by atoms with Crippen LogP contribution >= 0.6 is 0 Å². The Hall–Kier alpha value is -2.23. The number of sulfonamides is 1. The van der Waals surface area contributed by atoms with Gasteiger partial charge in [0.1, 0.15) is 0 Å². The Kier molecular flexibility index (Phi) is 6.41. The Bertz CT molecular complexity index is 1260. The second kappa shape index (κ2) is 8.85. The molecule has 1 saturated heterocycles. The van der Waals surface area contributed by atoms with Crippen molar-refractivity contribution < 1.29 is 21.6 Å². The highest BCUT2D eigenvalue weighted by atomic mass is 32.2. The van der Waals surface area contributed by atoms with Crippen molar-refractivity contribution in [3.63, 3.8) is 0 Å². The van der Waals surface area contributed by atoms with Crippen LogP contribution in [0, 0.1) is 13.8 Å². The van der Waals surface area contributed by atoms with E-state index in [1.54, 1.807) is 19.1 Å². The van der Waals surface area contributed by atoms with Gasteiger partial charge in [0, 0.05) is 18.8 Å². The second-order valence-corrected chi connectivity index (χ2v) is 13.2. The zero-order valence-corrected chi connectivity index (χ0v) is 20.6. The molecule has 1 aliphatic carbocycles. The first-order chi connectivity index (χ1) is 15.6. The summed E-state index contributed by atoms with van der Waals surface area (Å²) in [6.45, 7) is 4.60. The number of nitrogens with one attached hydrogen (secondary N) is 1. The van der Waals surface area contributed by atoms with E-state index in [0.717, 1.165) is 18.4 Å². The molecule has 1 amide bonds. The van der Waals surface area contributed by atoms with Crippen LogP contribution in [0.1, 0.15) is 49.7 Å². The van der Waals surface area contributed by atoms with Gasteiger partial charge in [-0.3, -0.25) is 4.79 Å². The second-order valence-electron chi connectivity index (χ2n) is 9.06. The number of rotatable bonds is 6. The van der Waals surface area contributed by atoms with Gasteiger partial charge in [-0.25, -0.2) is 16.8 Å². The molecule has 4 rings (SSSR count). The molecule has 0 bridgehead atoms. The Morgan fingerprint density at radius 1 is 0.879 bits per heavy atom. The average molecular weight is 491 g/mol. The summed E-state index contributed by atoms with van der Waals surface area (Å²) in [5.74, 6) is -0.559. The van der Waals surface area contributed by atoms with E-state index in [9.17, 15) is 21.6 Å². The van der Waals surface area contributed by atoms with Crippen LogP contribution in [0.4, 0.5) is 5.69 Å². The van der Waals surface area contributed by atoms with E-state index in [1.165, 1.54) is 28.6 Å². The lowest BCUT2D eigenvalue weighted by atomic mass is 10.1. The van der Waals surface area contributed by atoms with Crippen LogP contribution in [0.25, 0.3) is 0 Å². The molecule has 2 aliphatic rings. The SMILES string of the molecule is Cc1ccc(C)c(S(=O)(=O)C2(C(=O)Nc3ccc(S(=O)(=O)N4CCCC4)cc3)CCCC2)c1. The smallest absolute Gasteiger partial charge is 0.246 e. The minimum Gasteiger partial charge on any atom is -0.325 e. The normalized spacial score (nSPS) is 19.0. The largest absolute Gasteiger partial charge is 0.325 e. The lowest BCUT2D eigenvalue weighted by Crippen LogP contribution is -2.47. The zero-order chi connectivity index (χ0) is 23.9. The van der Waals surface area contributed by atoms with E-state index in [2.05, 4.69) is 5.32 Å². The zero-order valence-electron chi connectivity index (χ0n) is 19.0. The van der Waals surface area contributed by atoms with Crippen molar-refractivity contribution in [1.82, 2.24) is 4.31 Å². The van der Waals surface area contributed by atoms with Crippen LogP contribution in [0.15, 0.2) is 52.3 Å². The molecule has 1 saturated carbocycles. The Morgan fingerprint density at radius 3 is 2.09 bits per heavy atom. The third-order valence-electron chi connectivity index (χ3n) is 6.79. The Balaban J connectivity index is 1.61. The van der Waals surface area contributed by atoms with Gasteiger partial charge < -0.3 is 5.32 Å². The van der Waals surface area contributed by atoms with Gasteiger partial charge in [-0.2, -0.15) is 4.31 Å². The summed E-state index contributed by atoms with van der Waals surface area (Å²) in [6.07, 6.45) is 3.54. The van der Waals surface area contributed by atoms with Crippen LogP contribution < -0.4 is 5.32 Å². The number of carbonyl (C=O) groups is 1. The highest BCUT2D eigenvalue weighted by molar-refractivity contribution is 7.93. The summed E-state index contributed by atoms with van der Waals surface area (Å²) in [5, 5.41) is 2.76. The summed E-state index contributed by atoms with van der Waals surface area (Å²) in [6, 6.07) is 11.2. The van der Waals surface area contributed by atoms with Gasteiger partial charge in [-0.1, -0.05) is 25.0 Å². The molecule has 0 unspecified atom stereocenters. The number of amides is 1. The third-order valence-corrected chi connectivity index (χ3v) is 11.3. The molecule has 7 nitrogen and oxygen atoms in total. The number of hydrogen-bond acceptors (Lipinski definition) is 5. The summed E-state index contributed by atoms with van der Waals surface area (Å²) in [5.41, 5.74) is 1.82. The number of carbonyl (C=O) groups excluding carboxylic acids is 1. The molecule has 0 spiro atoms. The topological polar surface area (TPSA) is 101 Å². The van der Waals surface area contributed by atoms with Gasteiger partial charge in [0.25, 0.3) is 0 Å². The van der Waals surface area contributed by atoms with Crippen LogP contribution in [0.2, 0.25) is 0 Å². The highest BCUT2D eigenvalue weighted by Crippen LogP contribution is 2.42. The number of aryl methyl sites for hydroxylation is 2. The summed E-state index contributed by atoms with van der Waals surface area (Å²) in [4.78, 5) is 13.8. The van der Waals surface area contributed by atoms with Crippen molar-refractivity contribution in [1.29, 1.82) is 0 Å². The fourth-order valence-electron chi connectivity index (χ4n) is 4.80. The molecule has 9 heteroatoms. The number of sulfone groups is 1. The molecule has 0 atom stereocenters. The van der Waals surface area contributed by atoms with Crippen LogP contribution in [-0.4, -0.2) is 44.9 Å². The minimum atomic E-state index is -3.93. The van der Waals surface area contributed by atoms with Gasteiger partial charge in [-0.05, 0) is 81.0 Å². The molecule has 0 aromatic heterocycles. The van der Waals surface area contributed by atoms with Gasteiger partial charge in [-0.15, -0.1) is 0 Å². The number of benzene rings is 2. The van der Waals surface area contributed by atoms with E-state index < -0.39 is 30.5 Å². The highest BCUT2D eigenvalue weighted by Gasteiger charge is 2.53. The van der Waals surface area contributed by atoms with Crippen LogP contribution in [0.3, 0.4) is 0 Å². The molecule has 1 heterocycles. The monoisotopic (exact) mass is 490 g/mol. The molecule has 1 aliphatic heterocycles. The van der Waals surface area contributed by atoms with Crippen molar-refractivity contribution in [2.24, 2.45) is 0 Å². The minimum absolute atomic E-state index is 0.168. The Labute approximate surface area is 196 Å². The van der Waals surface area contributed by atoms with Crippen molar-refractivity contribution in [2.75, 3.05) is 18.4 Å². The molecule has 33 heavy (non-hydrogen) atoms. The molecular weight excluding hydrogens is 460 g/mol. The number of anilines is 1. The van der Waals surface area contributed by atoms with E-state index >= 15 is 0 Å². The first-order valence-electron chi connectivity index (χ1n) is 11.3. The molecule has 178 valence electrons. The number of hydrogen-bond donors (Lipinski definition) is 1. The maximum absolute atomic E-state index is 13.7. The third kappa shape index (κ3) is 4.22. The summed E-state index contributed by atoms with van der Waals surface area (Å²) >= 11 is 0. The van der Waals surface area contributed by atoms with Gasteiger partial charge >= 0.3 is 0 Å². The summed E-state index contributed by atoms with van der Waals surface area (Å²) < 4.78 is 52.9. The fourth-order valence-corrected chi connectivity index (χ4v) is 8.70. The Morgan fingerprint density at radius 2 is 1.48 bits per heavy atom. The van der Waals surface area contributed by atoms with E-state index in [0.29, 0.717) is 37.2 Å². The predicted octanol–water partition coefficient (Wildman–Crippen LogP) is 3.81. The van der Waals surface area contributed by atoms with Gasteiger partial charge in [0.05, 0.1) is 9.79 Å². The van der Waals surface area contributed by atoms with Crippen molar-refractivity contribution in [3.05, 3.63) is 53.6 Å². The standard InChI is InChI=1S/C24H30N2O5S2/c1-18-7-8-19(2)22(17-18)32(28,29)24(13-3-4-14-24)23(27)25-20-9-11-21(12-10-20)33(30,31)26-15-5-6-16-26/h7-12,17H,3-6,13-16H2,1-2H3,(H,25,27). The van der Waals surface area contributed by atoms with Gasteiger partial charge in [0.15, 0.2) is 14.6 Å². The molecule has 1 N–H and O–H groups in total. The van der Waals surface area contributed by atoms with Crippen molar-refractivity contribution in [2.45, 2.75) is 66.9 Å². The van der Waals surface area contributed by atoms with E-state index in [-0.39, 0.29) is 22.6 Å². The molecule has 2 aromatic rings. The van der Waals surface area contributed by atoms with Crippen molar-refractivity contribution in [3.8, 4) is 0 Å². The van der Waals surface area contributed by atoms with Crippen LogP contribution in [-0.2, 0) is 24.7 Å².